The van der Waals surface area contributed by atoms with Crippen LogP contribution in [0.15, 0.2) is 48.5 Å². The highest BCUT2D eigenvalue weighted by atomic mass is 35.5. The van der Waals surface area contributed by atoms with Gasteiger partial charge in [-0.2, -0.15) is 0 Å². The number of nitrogens with two attached hydrogens (primary N) is 1. The van der Waals surface area contributed by atoms with Crippen LogP contribution in [0.25, 0.3) is 0 Å². The van der Waals surface area contributed by atoms with Crippen molar-refractivity contribution in [3.63, 3.8) is 0 Å². The molecule has 2 rings (SSSR count). The number of carbonyl (C=O) groups is 2. The first-order chi connectivity index (χ1) is 12.5. The van der Waals surface area contributed by atoms with Gasteiger partial charge in [-0.3, -0.25) is 4.79 Å². The molecular formula is C20H23ClNO4+. The lowest BCUT2D eigenvalue weighted by molar-refractivity contribution is -0.676. The molecule has 138 valence electrons. The number of benzene rings is 2. The number of ketones is 1. The predicted molar refractivity (Wildman–Crippen MR) is 99.4 cm³/mol. The number of esters is 1. The Hall–Kier alpha value is -2.37. The van der Waals surface area contributed by atoms with Crippen molar-refractivity contribution in [1.29, 1.82) is 0 Å². The molecule has 2 aromatic carbocycles. The number of Topliss-reactive ketones (excluding diaryl/α,β-unsaturated/α-hetero) is 1. The molecule has 0 aromatic heterocycles. The van der Waals surface area contributed by atoms with E-state index in [0.29, 0.717) is 36.6 Å². The molecular weight excluding hydrogens is 354 g/mol. The van der Waals surface area contributed by atoms with Crippen LogP contribution in [-0.4, -0.2) is 36.1 Å². The molecule has 0 spiro atoms. The quantitative estimate of drug-likeness (QED) is 0.520. The molecule has 0 amide bonds. The lowest BCUT2D eigenvalue weighted by atomic mass is 10.0. The average Bonchev–Trinajstić information content (AvgIpc) is 2.63. The molecule has 0 heterocycles. The number of quaternary nitrogens is 1. The van der Waals surface area contributed by atoms with Gasteiger partial charge < -0.3 is 15.2 Å². The van der Waals surface area contributed by atoms with Crippen molar-refractivity contribution in [1.82, 2.24) is 0 Å². The Kier molecular flexibility index (Phi) is 7.63. The molecule has 1 atom stereocenters. The molecule has 0 fully saturated rings. The number of aromatic hydroxyl groups is 1. The zero-order chi connectivity index (χ0) is 18.9. The van der Waals surface area contributed by atoms with Crippen LogP contribution in [0.3, 0.4) is 0 Å². The maximum atomic E-state index is 12.2. The summed E-state index contributed by atoms with van der Waals surface area (Å²) >= 11 is 5.83. The van der Waals surface area contributed by atoms with Crippen LogP contribution in [0.5, 0.6) is 5.75 Å². The number of hydrogen-bond donors (Lipinski definition) is 2. The van der Waals surface area contributed by atoms with Gasteiger partial charge >= 0.3 is 5.97 Å². The Morgan fingerprint density at radius 3 is 2.38 bits per heavy atom. The van der Waals surface area contributed by atoms with E-state index < -0.39 is 6.04 Å². The Morgan fingerprint density at radius 2 is 1.77 bits per heavy atom. The van der Waals surface area contributed by atoms with Gasteiger partial charge in [-0.15, -0.1) is 0 Å². The molecule has 0 aliphatic rings. The summed E-state index contributed by atoms with van der Waals surface area (Å²) in [7, 11) is 0. The molecule has 0 saturated carbocycles. The molecule has 26 heavy (non-hydrogen) atoms. The number of phenolic OH excluding ortho intramolecular Hbond substituents is 1. The zero-order valence-electron chi connectivity index (χ0n) is 14.7. The summed E-state index contributed by atoms with van der Waals surface area (Å²) in [4.78, 5) is 24.4. The van der Waals surface area contributed by atoms with Gasteiger partial charge in [0.1, 0.15) is 5.75 Å². The first-order valence-corrected chi connectivity index (χ1v) is 8.94. The van der Waals surface area contributed by atoms with Gasteiger partial charge in [0, 0.05) is 17.0 Å². The van der Waals surface area contributed by atoms with E-state index in [4.69, 9.17) is 16.3 Å². The second-order valence-electron chi connectivity index (χ2n) is 5.93. The first kappa shape index (κ1) is 19.9. The van der Waals surface area contributed by atoms with Crippen molar-refractivity contribution in [3.05, 3.63) is 64.7 Å². The number of hydrogen-bond acceptors (Lipinski definition) is 4. The number of halogens is 1. The predicted octanol–water partition coefficient (Wildman–Crippen LogP) is 2.36. The van der Waals surface area contributed by atoms with Crippen LogP contribution in [-0.2, 0) is 16.0 Å². The largest absolute Gasteiger partial charge is 0.508 e. The summed E-state index contributed by atoms with van der Waals surface area (Å²) in [6.45, 7) is 2.55. The van der Waals surface area contributed by atoms with Gasteiger partial charge in [0.25, 0.3) is 0 Å². The second-order valence-corrected chi connectivity index (χ2v) is 6.37. The van der Waals surface area contributed by atoms with Crippen LogP contribution in [0.2, 0.25) is 5.02 Å². The minimum absolute atomic E-state index is 0.00478. The Labute approximate surface area is 157 Å². The van der Waals surface area contributed by atoms with Crippen molar-refractivity contribution in [3.8, 4) is 5.75 Å². The highest BCUT2D eigenvalue weighted by Gasteiger charge is 2.24. The van der Waals surface area contributed by atoms with Crippen LogP contribution >= 0.6 is 11.6 Å². The summed E-state index contributed by atoms with van der Waals surface area (Å²) in [6, 6.07) is 13.0. The van der Waals surface area contributed by atoms with Crippen LogP contribution < -0.4 is 5.32 Å². The van der Waals surface area contributed by atoms with Gasteiger partial charge in [0.2, 0.25) is 0 Å². The van der Waals surface area contributed by atoms with Gasteiger partial charge in [-0.05, 0) is 48.9 Å². The monoisotopic (exact) mass is 376 g/mol. The second kappa shape index (κ2) is 9.94. The van der Waals surface area contributed by atoms with E-state index in [2.05, 4.69) is 0 Å². The highest BCUT2D eigenvalue weighted by molar-refractivity contribution is 6.30. The van der Waals surface area contributed by atoms with Gasteiger partial charge in [0.15, 0.2) is 11.8 Å². The summed E-state index contributed by atoms with van der Waals surface area (Å²) in [6.07, 6.45) is 0.779. The molecule has 3 N–H and O–H groups in total. The fraction of sp³-hybridized carbons (Fsp3) is 0.300. The zero-order valence-corrected chi connectivity index (χ0v) is 15.4. The third-order valence-corrected chi connectivity index (χ3v) is 4.22. The third kappa shape index (κ3) is 6.17. The number of phenols is 1. The van der Waals surface area contributed by atoms with E-state index in [1.54, 1.807) is 55.5 Å². The minimum atomic E-state index is -0.433. The summed E-state index contributed by atoms with van der Waals surface area (Å²) in [5, 5.41) is 11.8. The van der Waals surface area contributed by atoms with Crippen LogP contribution in [0.1, 0.15) is 29.3 Å². The van der Waals surface area contributed by atoms with E-state index in [-0.39, 0.29) is 17.5 Å². The third-order valence-electron chi connectivity index (χ3n) is 3.97. The van der Waals surface area contributed by atoms with Gasteiger partial charge in [-0.25, -0.2) is 4.79 Å². The fourth-order valence-electron chi connectivity index (χ4n) is 2.59. The van der Waals surface area contributed by atoms with Crippen molar-refractivity contribution < 1.29 is 24.7 Å². The molecule has 6 heteroatoms. The van der Waals surface area contributed by atoms with Crippen molar-refractivity contribution in [2.24, 2.45) is 0 Å². The van der Waals surface area contributed by atoms with E-state index >= 15 is 0 Å². The van der Waals surface area contributed by atoms with Crippen molar-refractivity contribution in [2.75, 3.05) is 13.2 Å². The molecule has 0 radical (unpaired) electrons. The number of carbonyl (C=O) groups excluding carboxylic acids is 2. The minimum Gasteiger partial charge on any atom is -0.508 e. The van der Waals surface area contributed by atoms with Crippen LogP contribution in [0.4, 0.5) is 0 Å². The molecule has 0 aliphatic heterocycles. The fourth-order valence-corrected chi connectivity index (χ4v) is 2.72. The van der Waals surface area contributed by atoms with E-state index in [1.807, 2.05) is 5.32 Å². The summed E-state index contributed by atoms with van der Waals surface area (Å²) < 4.78 is 5.14. The Bertz CT molecular complexity index is 728. The molecule has 2 aromatic rings. The number of rotatable bonds is 9. The number of ether oxygens (including phenoxy) is 1. The van der Waals surface area contributed by atoms with Gasteiger partial charge in [-0.1, -0.05) is 23.7 Å². The summed E-state index contributed by atoms with van der Waals surface area (Å²) in [5.74, 6) is -0.122. The normalized spacial score (nSPS) is 11.8. The first-order valence-electron chi connectivity index (χ1n) is 8.56. The maximum absolute atomic E-state index is 12.2. The van der Waals surface area contributed by atoms with E-state index in [1.165, 1.54) is 0 Å². The average molecular weight is 377 g/mol. The lowest BCUT2D eigenvalue weighted by Crippen LogP contribution is -2.92. The SMILES string of the molecule is CCOC(=O)[C@@H](Cc1ccc(O)cc1)[NH2+]CCC(=O)c1ccc(Cl)cc1. The topological polar surface area (TPSA) is 80.2 Å². The van der Waals surface area contributed by atoms with Crippen LogP contribution in [0, 0.1) is 0 Å². The van der Waals surface area contributed by atoms with Gasteiger partial charge in [0.05, 0.1) is 19.6 Å². The molecule has 0 aliphatic carbocycles. The lowest BCUT2D eigenvalue weighted by Gasteiger charge is -2.14. The van der Waals surface area contributed by atoms with Crippen molar-refractivity contribution in [2.45, 2.75) is 25.8 Å². The Balaban J connectivity index is 1.93. The van der Waals surface area contributed by atoms with E-state index in [9.17, 15) is 14.7 Å². The smallest absolute Gasteiger partial charge is 0.365 e. The molecule has 5 nitrogen and oxygen atoms in total. The van der Waals surface area contributed by atoms with E-state index in [0.717, 1.165) is 5.56 Å². The summed E-state index contributed by atoms with van der Waals surface area (Å²) in [5.41, 5.74) is 1.52. The molecule has 0 saturated heterocycles. The molecule has 0 bridgehead atoms. The standard InChI is InChI=1S/C20H22ClNO4/c1-2-26-20(25)18(13-14-3-9-17(23)10-4-14)22-12-11-19(24)15-5-7-16(21)8-6-15/h3-10,18,22-23H,2,11-13H2,1H3/p+1/t18-/m1/s1. The highest BCUT2D eigenvalue weighted by Crippen LogP contribution is 2.12. The van der Waals surface area contributed by atoms with Crippen molar-refractivity contribution >= 4 is 23.4 Å². The molecule has 0 unspecified atom stereocenters. The maximum Gasteiger partial charge on any atom is 0.365 e. The Morgan fingerprint density at radius 1 is 1.12 bits per heavy atom.